The van der Waals surface area contributed by atoms with Gasteiger partial charge in [-0.1, -0.05) is 12.5 Å². The van der Waals surface area contributed by atoms with E-state index >= 15 is 0 Å². The summed E-state index contributed by atoms with van der Waals surface area (Å²) in [7, 11) is 0. The summed E-state index contributed by atoms with van der Waals surface area (Å²) in [6.45, 7) is 0. The van der Waals surface area contributed by atoms with E-state index < -0.39 is 4.92 Å². The number of ketones is 1. The highest BCUT2D eigenvalue weighted by molar-refractivity contribution is 6.05. The number of rotatable bonds is 1. The highest BCUT2D eigenvalue weighted by atomic mass is 16.6. The van der Waals surface area contributed by atoms with E-state index in [4.69, 9.17) is 0 Å². The summed E-state index contributed by atoms with van der Waals surface area (Å²) in [5, 5.41) is 11.0. The summed E-state index contributed by atoms with van der Waals surface area (Å²) in [6, 6.07) is 3.34. The van der Waals surface area contributed by atoms with Crippen LogP contribution in [0.1, 0.15) is 53.1 Å². The number of Topliss-reactive ketones (excluding diaryl/α,β-unsaturated/α-hetero) is 1. The maximum absolute atomic E-state index is 11.9. The highest BCUT2D eigenvalue weighted by Crippen LogP contribution is 2.44. The van der Waals surface area contributed by atoms with Crippen LogP contribution in [0.4, 0.5) is 5.69 Å². The van der Waals surface area contributed by atoms with Crippen molar-refractivity contribution in [3.63, 3.8) is 0 Å². The van der Waals surface area contributed by atoms with Crippen molar-refractivity contribution in [3.05, 3.63) is 38.9 Å². The summed E-state index contributed by atoms with van der Waals surface area (Å²) in [4.78, 5) is 22.5. The van der Waals surface area contributed by atoms with Gasteiger partial charge in [-0.05, 0) is 36.3 Å². The molecule has 0 radical (unpaired) electrons. The Morgan fingerprint density at radius 2 is 2.12 bits per heavy atom. The Morgan fingerprint density at radius 1 is 1.29 bits per heavy atom. The third-order valence-electron chi connectivity index (χ3n) is 3.88. The van der Waals surface area contributed by atoms with Gasteiger partial charge in [0.1, 0.15) is 0 Å². The molecule has 1 aromatic carbocycles. The minimum Gasteiger partial charge on any atom is -0.294 e. The molecule has 1 aromatic rings. The van der Waals surface area contributed by atoms with Crippen LogP contribution in [0, 0.1) is 10.1 Å². The van der Waals surface area contributed by atoms with Crippen LogP contribution in [0.5, 0.6) is 0 Å². The Bertz CT molecular complexity index is 522. The summed E-state index contributed by atoms with van der Waals surface area (Å²) in [5.41, 5.74) is 2.54. The van der Waals surface area contributed by atoms with Gasteiger partial charge in [0.25, 0.3) is 5.69 Å². The van der Waals surface area contributed by atoms with Gasteiger partial charge >= 0.3 is 0 Å². The molecule has 0 spiro atoms. The van der Waals surface area contributed by atoms with E-state index in [1.807, 2.05) is 6.07 Å². The fourth-order valence-electron chi connectivity index (χ4n) is 3.16. The van der Waals surface area contributed by atoms with Gasteiger partial charge in [0.15, 0.2) is 5.78 Å². The van der Waals surface area contributed by atoms with Crippen LogP contribution < -0.4 is 0 Å². The zero-order valence-electron chi connectivity index (χ0n) is 9.44. The molecular weight excluding hydrogens is 218 g/mol. The average molecular weight is 231 g/mol. The molecule has 2 aliphatic rings. The number of benzene rings is 1. The molecule has 0 amide bonds. The number of aryl methyl sites for hydroxylation is 1. The van der Waals surface area contributed by atoms with Crippen molar-refractivity contribution in [1.82, 2.24) is 0 Å². The SMILES string of the molecule is O=C1CC2CCCCc3ccc([N+](=O)[O-])c1c32. The molecule has 88 valence electrons. The van der Waals surface area contributed by atoms with E-state index in [9.17, 15) is 14.9 Å². The molecule has 0 heterocycles. The first-order valence-electron chi connectivity index (χ1n) is 6.02. The third-order valence-corrected chi connectivity index (χ3v) is 3.88. The molecular formula is C13H13NO3. The largest absolute Gasteiger partial charge is 0.294 e. The molecule has 0 saturated heterocycles. The molecule has 0 saturated carbocycles. The van der Waals surface area contributed by atoms with Crippen molar-refractivity contribution in [2.24, 2.45) is 0 Å². The van der Waals surface area contributed by atoms with Crippen LogP contribution in [-0.2, 0) is 6.42 Å². The second kappa shape index (κ2) is 3.65. The average Bonchev–Trinajstić information content (AvgIpc) is 2.50. The van der Waals surface area contributed by atoms with Crippen LogP contribution in [0.25, 0.3) is 0 Å². The summed E-state index contributed by atoms with van der Waals surface area (Å²) < 4.78 is 0. The molecule has 0 bridgehead atoms. The van der Waals surface area contributed by atoms with Crippen molar-refractivity contribution in [2.45, 2.75) is 38.0 Å². The molecule has 17 heavy (non-hydrogen) atoms. The van der Waals surface area contributed by atoms with Gasteiger partial charge in [0.05, 0.1) is 10.5 Å². The first kappa shape index (κ1) is 10.4. The van der Waals surface area contributed by atoms with E-state index in [-0.39, 0.29) is 17.4 Å². The highest BCUT2D eigenvalue weighted by Gasteiger charge is 2.37. The molecule has 4 heteroatoms. The number of carbonyl (C=O) groups is 1. The number of nitrogens with zero attached hydrogens (tertiary/aromatic N) is 1. The van der Waals surface area contributed by atoms with Crippen molar-refractivity contribution >= 4 is 11.5 Å². The summed E-state index contributed by atoms with van der Waals surface area (Å²) >= 11 is 0. The maximum atomic E-state index is 11.9. The van der Waals surface area contributed by atoms with Gasteiger partial charge in [-0.3, -0.25) is 14.9 Å². The van der Waals surface area contributed by atoms with Gasteiger partial charge in [0.2, 0.25) is 0 Å². The lowest BCUT2D eigenvalue weighted by Crippen LogP contribution is -2.02. The molecule has 4 nitrogen and oxygen atoms in total. The predicted octanol–water partition coefficient (Wildman–Crippen LogP) is 2.99. The zero-order chi connectivity index (χ0) is 12.0. The van der Waals surface area contributed by atoms with Crippen LogP contribution in [0.15, 0.2) is 12.1 Å². The van der Waals surface area contributed by atoms with Crippen LogP contribution in [0.2, 0.25) is 0 Å². The number of hydrogen-bond donors (Lipinski definition) is 0. The Morgan fingerprint density at radius 3 is 2.88 bits per heavy atom. The molecule has 1 unspecified atom stereocenters. The van der Waals surface area contributed by atoms with Crippen LogP contribution in [-0.4, -0.2) is 10.7 Å². The summed E-state index contributed by atoms with van der Waals surface area (Å²) in [6.07, 6.45) is 4.64. The van der Waals surface area contributed by atoms with Crippen LogP contribution >= 0.6 is 0 Å². The number of nitro benzene ring substituents is 1. The minimum atomic E-state index is -0.430. The van der Waals surface area contributed by atoms with Crippen molar-refractivity contribution in [1.29, 1.82) is 0 Å². The lowest BCUT2D eigenvalue weighted by atomic mass is 9.94. The smallest absolute Gasteiger partial charge is 0.280 e. The number of nitro groups is 1. The first-order valence-corrected chi connectivity index (χ1v) is 6.02. The Kier molecular flexibility index (Phi) is 2.24. The Hall–Kier alpha value is -1.71. The number of hydrogen-bond acceptors (Lipinski definition) is 3. The second-order valence-corrected chi connectivity index (χ2v) is 4.86. The van der Waals surface area contributed by atoms with Gasteiger partial charge in [-0.2, -0.15) is 0 Å². The topological polar surface area (TPSA) is 60.2 Å². The quantitative estimate of drug-likeness (QED) is 0.551. The van der Waals surface area contributed by atoms with Crippen molar-refractivity contribution in [3.8, 4) is 0 Å². The molecule has 2 aliphatic carbocycles. The van der Waals surface area contributed by atoms with E-state index in [1.54, 1.807) is 0 Å². The lowest BCUT2D eigenvalue weighted by Gasteiger charge is -2.10. The van der Waals surface area contributed by atoms with E-state index in [0.717, 1.165) is 36.8 Å². The molecule has 3 rings (SSSR count). The van der Waals surface area contributed by atoms with Gasteiger partial charge in [-0.15, -0.1) is 0 Å². The molecule has 0 N–H and O–H groups in total. The lowest BCUT2D eigenvalue weighted by molar-refractivity contribution is -0.385. The normalized spacial score (nSPS) is 22.1. The fraction of sp³-hybridized carbons (Fsp3) is 0.462. The molecule has 0 fully saturated rings. The van der Waals surface area contributed by atoms with Gasteiger partial charge < -0.3 is 0 Å². The summed E-state index contributed by atoms with van der Waals surface area (Å²) in [5.74, 6) is 0.190. The standard InChI is InChI=1S/C13H13NO3/c15-11-7-9-4-2-1-3-8-5-6-10(14(16)17)13(11)12(8)9/h5-6,9H,1-4,7H2. The fourth-order valence-corrected chi connectivity index (χ4v) is 3.16. The molecule has 0 aromatic heterocycles. The molecule has 0 aliphatic heterocycles. The van der Waals surface area contributed by atoms with Crippen molar-refractivity contribution in [2.75, 3.05) is 0 Å². The van der Waals surface area contributed by atoms with Crippen molar-refractivity contribution < 1.29 is 9.72 Å². The van der Waals surface area contributed by atoms with Gasteiger partial charge in [0, 0.05) is 12.5 Å². The van der Waals surface area contributed by atoms with E-state index in [1.165, 1.54) is 6.07 Å². The maximum Gasteiger partial charge on any atom is 0.280 e. The monoisotopic (exact) mass is 231 g/mol. The number of carbonyl (C=O) groups excluding carboxylic acids is 1. The van der Waals surface area contributed by atoms with Gasteiger partial charge in [-0.25, -0.2) is 0 Å². The van der Waals surface area contributed by atoms with Crippen LogP contribution in [0.3, 0.4) is 0 Å². The van der Waals surface area contributed by atoms with E-state index in [0.29, 0.717) is 12.0 Å². The van der Waals surface area contributed by atoms with E-state index in [2.05, 4.69) is 0 Å². The third kappa shape index (κ3) is 1.47. The minimum absolute atomic E-state index is 0.00171. The molecule has 1 atom stereocenters. The zero-order valence-corrected chi connectivity index (χ0v) is 9.44. The Balaban J connectivity index is 2.26. The predicted molar refractivity (Wildman–Crippen MR) is 62.3 cm³/mol. The second-order valence-electron chi connectivity index (χ2n) is 4.86. The first-order chi connectivity index (χ1) is 8.18. The Labute approximate surface area is 98.8 Å².